The zero-order valence-electron chi connectivity index (χ0n) is 22.8. The van der Waals surface area contributed by atoms with Crippen molar-refractivity contribution >= 4 is 49.7 Å². The minimum Gasteiger partial charge on any atom is -0.435 e. The van der Waals surface area contributed by atoms with Crippen LogP contribution in [-0.2, 0) is 0 Å². The van der Waals surface area contributed by atoms with Crippen LogP contribution in [0.1, 0.15) is 0 Å². The van der Waals surface area contributed by atoms with Gasteiger partial charge in [0.25, 0.3) is 0 Å². The zero-order chi connectivity index (χ0) is 27.9. The normalized spacial score (nSPS) is 11.3. The van der Waals surface area contributed by atoms with Crippen LogP contribution in [0.5, 0.6) is 0 Å². The number of rotatable bonds is 5. The maximum atomic E-state index is 6.43. The number of oxazole rings is 1. The van der Waals surface area contributed by atoms with Crippen LogP contribution < -0.4 is 4.90 Å². The van der Waals surface area contributed by atoms with Crippen LogP contribution in [0.2, 0.25) is 0 Å². The summed E-state index contributed by atoms with van der Waals surface area (Å²) in [6.07, 6.45) is 0. The van der Waals surface area contributed by atoms with Crippen LogP contribution in [0.4, 0.5) is 17.1 Å². The molecule has 1 aromatic heterocycles. The third-order valence-corrected chi connectivity index (χ3v) is 7.87. The fourth-order valence-electron chi connectivity index (χ4n) is 5.86. The second kappa shape index (κ2) is 10.1. The first-order valence-corrected chi connectivity index (χ1v) is 14.1. The van der Waals surface area contributed by atoms with Crippen molar-refractivity contribution in [1.82, 2.24) is 4.98 Å². The van der Waals surface area contributed by atoms with Crippen molar-refractivity contribution in [2.24, 2.45) is 0 Å². The molecule has 0 bridgehead atoms. The van der Waals surface area contributed by atoms with Crippen molar-refractivity contribution in [1.29, 1.82) is 0 Å². The SMILES string of the molecule is c1ccc(-c2nc3c4cc(-c5ccc(N(c6ccccc6)c6ccccc6)cc5)ccc4c4ccccc4c3o2)cc1. The van der Waals surface area contributed by atoms with Gasteiger partial charge < -0.3 is 9.32 Å². The summed E-state index contributed by atoms with van der Waals surface area (Å²) in [6, 6.07) is 55.0. The molecular weight excluding hydrogens is 512 g/mol. The highest BCUT2D eigenvalue weighted by atomic mass is 16.3. The number of nitrogens with zero attached hydrogens (tertiary/aromatic N) is 2. The van der Waals surface area contributed by atoms with E-state index in [-0.39, 0.29) is 0 Å². The van der Waals surface area contributed by atoms with Gasteiger partial charge >= 0.3 is 0 Å². The quantitative estimate of drug-likeness (QED) is 0.204. The monoisotopic (exact) mass is 538 g/mol. The molecule has 1 heterocycles. The minimum absolute atomic E-state index is 0.639. The van der Waals surface area contributed by atoms with Gasteiger partial charge in [-0.15, -0.1) is 0 Å². The molecule has 0 N–H and O–H groups in total. The Bertz CT molecular complexity index is 2130. The Kier molecular flexibility index (Phi) is 5.79. The topological polar surface area (TPSA) is 29.3 Å². The summed E-state index contributed by atoms with van der Waals surface area (Å²) in [7, 11) is 0. The molecule has 0 aliphatic rings. The molecule has 0 amide bonds. The van der Waals surface area contributed by atoms with E-state index in [2.05, 4.69) is 120 Å². The van der Waals surface area contributed by atoms with Gasteiger partial charge in [0.15, 0.2) is 5.58 Å². The molecule has 198 valence electrons. The molecule has 8 rings (SSSR count). The van der Waals surface area contributed by atoms with E-state index in [0.29, 0.717) is 5.89 Å². The molecule has 0 saturated carbocycles. The van der Waals surface area contributed by atoms with Crippen LogP contribution in [0.25, 0.3) is 55.2 Å². The standard InChI is InChI=1S/C39H26N2O/c1-4-12-28(13-5-1)39-40-37-36-26-29(22-25-34(36)33-18-10-11-19-35(33)38(37)42-39)27-20-23-32(24-21-27)41(30-14-6-2-7-15-30)31-16-8-3-9-17-31/h1-26H. The van der Waals surface area contributed by atoms with E-state index in [0.717, 1.165) is 55.6 Å². The van der Waals surface area contributed by atoms with Gasteiger partial charge in [0.1, 0.15) is 5.52 Å². The third kappa shape index (κ3) is 4.11. The van der Waals surface area contributed by atoms with Crippen LogP contribution in [0, 0.1) is 0 Å². The third-order valence-electron chi connectivity index (χ3n) is 7.87. The predicted molar refractivity (Wildman–Crippen MR) is 175 cm³/mol. The second-order valence-electron chi connectivity index (χ2n) is 10.4. The van der Waals surface area contributed by atoms with Crippen LogP contribution in [0.3, 0.4) is 0 Å². The molecule has 42 heavy (non-hydrogen) atoms. The summed E-state index contributed by atoms with van der Waals surface area (Å²) in [5.74, 6) is 0.639. The lowest BCUT2D eigenvalue weighted by Gasteiger charge is -2.25. The summed E-state index contributed by atoms with van der Waals surface area (Å²) in [5, 5.41) is 4.50. The maximum absolute atomic E-state index is 6.43. The number of aromatic nitrogens is 1. The Morgan fingerprint density at radius 3 is 1.60 bits per heavy atom. The molecule has 0 atom stereocenters. The van der Waals surface area contributed by atoms with Crippen molar-refractivity contribution < 1.29 is 4.42 Å². The summed E-state index contributed by atoms with van der Waals surface area (Å²) in [4.78, 5) is 7.31. The second-order valence-corrected chi connectivity index (χ2v) is 10.4. The molecule has 0 aliphatic heterocycles. The number of fused-ring (bicyclic) bond motifs is 6. The highest BCUT2D eigenvalue weighted by Crippen LogP contribution is 2.40. The Morgan fingerprint density at radius 2 is 0.929 bits per heavy atom. The van der Waals surface area contributed by atoms with Crippen molar-refractivity contribution in [3.05, 3.63) is 158 Å². The summed E-state index contributed by atoms with van der Waals surface area (Å²) in [6.45, 7) is 0. The average molecular weight is 539 g/mol. The zero-order valence-corrected chi connectivity index (χ0v) is 22.8. The Labute approximate surface area is 243 Å². The maximum Gasteiger partial charge on any atom is 0.227 e. The van der Waals surface area contributed by atoms with E-state index < -0.39 is 0 Å². The molecule has 3 heteroatoms. The van der Waals surface area contributed by atoms with Gasteiger partial charge in [0, 0.05) is 33.4 Å². The average Bonchev–Trinajstić information content (AvgIpc) is 3.53. The number of benzene rings is 7. The predicted octanol–water partition coefficient (Wildman–Crippen LogP) is 10.9. The van der Waals surface area contributed by atoms with Crippen LogP contribution in [0.15, 0.2) is 162 Å². The summed E-state index contributed by atoms with van der Waals surface area (Å²) in [5.41, 5.74) is 8.32. The molecule has 0 radical (unpaired) electrons. The van der Waals surface area contributed by atoms with Crippen molar-refractivity contribution in [2.45, 2.75) is 0 Å². The number of anilines is 3. The van der Waals surface area contributed by atoms with E-state index in [4.69, 9.17) is 9.40 Å². The Balaban J connectivity index is 1.26. The van der Waals surface area contributed by atoms with Gasteiger partial charge in [-0.1, -0.05) is 103 Å². The van der Waals surface area contributed by atoms with Gasteiger partial charge in [-0.2, -0.15) is 0 Å². The molecule has 0 unspecified atom stereocenters. The van der Waals surface area contributed by atoms with E-state index in [1.165, 1.54) is 10.8 Å². The van der Waals surface area contributed by atoms with Gasteiger partial charge in [0.05, 0.1) is 0 Å². The molecule has 7 aromatic carbocycles. The first-order chi connectivity index (χ1) is 20.8. The van der Waals surface area contributed by atoms with Crippen molar-refractivity contribution in [3.8, 4) is 22.6 Å². The highest BCUT2D eigenvalue weighted by Gasteiger charge is 2.17. The minimum atomic E-state index is 0.639. The van der Waals surface area contributed by atoms with Crippen molar-refractivity contribution in [2.75, 3.05) is 4.90 Å². The molecule has 0 aliphatic carbocycles. The number of para-hydroxylation sites is 2. The molecule has 0 spiro atoms. The molecule has 8 aromatic rings. The highest BCUT2D eigenvalue weighted by molar-refractivity contribution is 6.23. The largest absolute Gasteiger partial charge is 0.435 e. The van der Waals surface area contributed by atoms with Gasteiger partial charge in [-0.25, -0.2) is 4.98 Å². The summed E-state index contributed by atoms with van der Waals surface area (Å²) < 4.78 is 6.43. The number of hydrogen-bond acceptors (Lipinski definition) is 3. The fraction of sp³-hybridized carbons (Fsp3) is 0. The lowest BCUT2D eigenvalue weighted by atomic mass is 9.96. The van der Waals surface area contributed by atoms with E-state index >= 15 is 0 Å². The smallest absolute Gasteiger partial charge is 0.227 e. The van der Waals surface area contributed by atoms with Gasteiger partial charge in [-0.3, -0.25) is 0 Å². The first kappa shape index (κ1) is 24.2. The van der Waals surface area contributed by atoms with Crippen molar-refractivity contribution in [3.63, 3.8) is 0 Å². The van der Waals surface area contributed by atoms with E-state index in [9.17, 15) is 0 Å². The van der Waals surface area contributed by atoms with Crippen LogP contribution in [-0.4, -0.2) is 4.98 Å². The molecule has 0 fully saturated rings. The first-order valence-electron chi connectivity index (χ1n) is 14.1. The van der Waals surface area contributed by atoms with E-state index in [1.807, 2.05) is 42.5 Å². The lowest BCUT2D eigenvalue weighted by molar-refractivity contribution is 0.623. The molecule has 3 nitrogen and oxygen atoms in total. The Hall–Kier alpha value is -5.67. The van der Waals surface area contributed by atoms with Gasteiger partial charge in [0.2, 0.25) is 5.89 Å². The summed E-state index contributed by atoms with van der Waals surface area (Å²) >= 11 is 0. The van der Waals surface area contributed by atoms with Crippen LogP contribution >= 0.6 is 0 Å². The van der Waals surface area contributed by atoms with E-state index in [1.54, 1.807) is 0 Å². The lowest BCUT2D eigenvalue weighted by Crippen LogP contribution is -2.09. The molecular formula is C39H26N2O. The van der Waals surface area contributed by atoms with Gasteiger partial charge in [-0.05, 0) is 76.5 Å². The Morgan fingerprint density at radius 1 is 0.405 bits per heavy atom. The molecule has 0 saturated heterocycles. The fourth-order valence-corrected chi connectivity index (χ4v) is 5.86. The number of hydrogen-bond donors (Lipinski definition) is 0.